The van der Waals surface area contributed by atoms with Gasteiger partial charge in [-0.1, -0.05) is 41.4 Å². The molecule has 1 aromatic carbocycles. The lowest BCUT2D eigenvalue weighted by atomic mass is 9.71. The molecule has 0 aliphatic carbocycles. The Balaban J connectivity index is 1.94. The number of nitrogens with zero attached hydrogens (tertiary/aromatic N) is 1. The van der Waals surface area contributed by atoms with Gasteiger partial charge in [0.15, 0.2) is 0 Å². The van der Waals surface area contributed by atoms with Crippen LogP contribution in [-0.4, -0.2) is 29.9 Å². The Bertz CT molecular complexity index is 989. The third-order valence-electron chi connectivity index (χ3n) is 5.89. The summed E-state index contributed by atoms with van der Waals surface area (Å²) in [4.78, 5) is 28.2. The predicted molar refractivity (Wildman–Crippen MR) is 108 cm³/mol. The Morgan fingerprint density at radius 2 is 2.10 bits per heavy atom. The molecule has 2 aliphatic heterocycles. The summed E-state index contributed by atoms with van der Waals surface area (Å²) in [6.45, 7) is 2.41. The summed E-state index contributed by atoms with van der Waals surface area (Å²) >= 11 is 12.1. The van der Waals surface area contributed by atoms with Crippen molar-refractivity contribution in [1.29, 1.82) is 0 Å². The SMILES string of the molecule is C[C@@]1(c2ccc(Cl)nc2NC=O)N[C@H]2CCNC(=O)[C@H]2[C@@H]1c1cccc(Cl)c1F. The first-order chi connectivity index (χ1) is 13.9. The van der Waals surface area contributed by atoms with Crippen molar-refractivity contribution in [2.45, 2.75) is 30.8 Å². The van der Waals surface area contributed by atoms with Crippen LogP contribution in [0.4, 0.5) is 10.2 Å². The van der Waals surface area contributed by atoms with Crippen molar-refractivity contribution >= 4 is 41.3 Å². The molecule has 3 N–H and O–H groups in total. The topological polar surface area (TPSA) is 83.1 Å². The second-order valence-electron chi connectivity index (χ2n) is 7.47. The zero-order valence-electron chi connectivity index (χ0n) is 15.5. The normalized spacial score (nSPS) is 28.6. The van der Waals surface area contributed by atoms with Crippen LogP contribution < -0.4 is 16.0 Å². The number of piperidine rings is 1. The van der Waals surface area contributed by atoms with E-state index in [-0.39, 0.29) is 27.9 Å². The van der Waals surface area contributed by atoms with E-state index >= 15 is 4.39 Å². The van der Waals surface area contributed by atoms with Crippen molar-refractivity contribution in [1.82, 2.24) is 15.6 Å². The highest BCUT2D eigenvalue weighted by Crippen LogP contribution is 2.52. The number of fused-ring (bicyclic) bond motifs is 1. The molecule has 9 heteroatoms. The Kier molecular flexibility index (Phi) is 5.23. The van der Waals surface area contributed by atoms with E-state index in [2.05, 4.69) is 20.9 Å². The summed E-state index contributed by atoms with van der Waals surface area (Å²) in [5.41, 5.74) is 0.0375. The Labute approximate surface area is 177 Å². The molecule has 3 heterocycles. The molecule has 152 valence electrons. The fourth-order valence-electron chi connectivity index (χ4n) is 4.74. The van der Waals surface area contributed by atoms with Crippen LogP contribution in [0, 0.1) is 11.7 Å². The summed E-state index contributed by atoms with van der Waals surface area (Å²) in [5, 5.41) is 9.17. The van der Waals surface area contributed by atoms with Crippen LogP contribution in [0.3, 0.4) is 0 Å². The first-order valence-corrected chi connectivity index (χ1v) is 9.99. The molecular formula is C20H19Cl2FN4O2. The molecule has 0 spiro atoms. The molecule has 0 radical (unpaired) electrons. The van der Waals surface area contributed by atoms with Crippen LogP contribution in [0.1, 0.15) is 30.4 Å². The Morgan fingerprint density at radius 1 is 1.31 bits per heavy atom. The molecule has 2 aliphatic rings. The smallest absolute Gasteiger partial charge is 0.225 e. The number of rotatable bonds is 4. The lowest BCUT2D eigenvalue weighted by Gasteiger charge is -2.35. The van der Waals surface area contributed by atoms with Crippen molar-refractivity contribution in [3.8, 4) is 0 Å². The lowest BCUT2D eigenvalue weighted by molar-refractivity contribution is -0.127. The Morgan fingerprint density at radius 3 is 2.86 bits per heavy atom. The van der Waals surface area contributed by atoms with E-state index in [0.717, 1.165) is 0 Å². The molecule has 6 nitrogen and oxygen atoms in total. The largest absolute Gasteiger partial charge is 0.356 e. The van der Waals surface area contributed by atoms with Gasteiger partial charge >= 0.3 is 0 Å². The van der Waals surface area contributed by atoms with Crippen molar-refractivity contribution in [3.05, 3.63) is 57.5 Å². The van der Waals surface area contributed by atoms with Gasteiger partial charge < -0.3 is 16.0 Å². The molecule has 0 unspecified atom stereocenters. The van der Waals surface area contributed by atoms with Crippen LogP contribution in [0.15, 0.2) is 30.3 Å². The van der Waals surface area contributed by atoms with E-state index in [1.807, 2.05) is 6.92 Å². The van der Waals surface area contributed by atoms with Gasteiger partial charge in [0.05, 0.1) is 16.5 Å². The fourth-order valence-corrected chi connectivity index (χ4v) is 5.07. The highest BCUT2D eigenvalue weighted by molar-refractivity contribution is 6.30. The summed E-state index contributed by atoms with van der Waals surface area (Å²) < 4.78 is 15.1. The van der Waals surface area contributed by atoms with Gasteiger partial charge in [-0.05, 0) is 31.0 Å². The average molecular weight is 437 g/mol. The maximum atomic E-state index is 15.1. The van der Waals surface area contributed by atoms with E-state index in [1.165, 1.54) is 6.07 Å². The van der Waals surface area contributed by atoms with Gasteiger partial charge in [0, 0.05) is 24.1 Å². The number of aromatic nitrogens is 1. The quantitative estimate of drug-likeness (QED) is 0.507. The van der Waals surface area contributed by atoms with Gasteiger partial charge in [-0.2, -0.15) is 0 Å². The molecule has 2 fully saturated rings. The van der Waals surface area contributed by atoms with Crippen LogP contribution >= 0.6 is 23.2 Å². The summed E-state index contributed by atoms with van der Waals surface area (Å²) in [5.74, 6) is -1.54. The number of hydrogen-bond acceptors (Lipinski definition) is 4. The highest BCUT2D eigenvalue weighted by atomic mass is 35.5. The third kappa shape index (κ3) is 3.27. The minimum absolute atomic E-state index is 0.00927. The molecule has 2 saturated heterocycles. The van der Waals surface area contributed by atoms with E-state index in [4.69, 9.17) is 23.2 Å². The number of halogens is 3. The predicted octanol–water partition coefficient (Wildman–Crippen LogP) is 3.20. The van der Waals surface area contributed by atoms with E-state index < -0.39 is 23.2 Å². The molecular weight excluding hydrogens is 418 g/mol. The molecule has 0 saturated carbocycles. The standard InChI is InChI=1S/C20H19Cl2FN4O2/c1-20(11-5-6-14(22)26-18(11)25-9-28)16(10-3-2-4-12(21)17(10)23)15-13(27-20)7-8-24-19(15)29/h2-6,9,13,15-16,27H,7-8H2,1H3,(H,24,29)(H,25,26,28)/t13-,15+,16-,20-/m0/s1. The number of pyridine rings is 1. The summed E-state index contributed by atoms with van der Waals surface area (Å²) in [6.07, 6.45) is 1.21. The number of amides is 2. The summed E-state index contributed by atoms with van der Waals surface area (Å²) in [6, 6.07) is 7.96. The minimum Gasteiger partial charge on any atom is -0.356 e. The molecule has 2 amide bonds. The van der Waals surface area contributed by atoms with Crippen LogP contribution in [0.25, 0.3) is 0 Å². The second-order valence-corrected chi connectivity index (χ2v) is 8.27. The van der Waals surface area contributed by atoms with Gasteiger partial charge in [-0.15, -0.1) is 0 Å². The van der Waals surface area contributed by atoms with Gasteiger partial charge in [0.2, 0.25) is 12.3 Å². The molecule has 1 aromatic heterocycles. The second kappa shape index (κ2) is 7.55. The van der Waals surface area contributed by atoms with Crippen molar-refractivity contribution in [2.24, 2.45) is 5.92 Å². The molecule has 4 atom stereocenters. The third-order valence-corrected chi connectivity index (χ3v) is 6.39. The lowest BCUT2D eigenvalue weighted by Crippen LogP contribution is -2.47. The van der Waals surface area contributed by atoms with E-state index in [1.54, 1.807) is 24.3 Å². The number of carbonyl (C=O) groups excluding carboxylic acids is 2. The number of carbonyl (C=O) groups is 2. The molecule has 29 heavy (non-hydrogen) atoms. The van der Waals surface area contributed by atoms with Crippen molar-refractivity contribution < 1.29 is 14.0 Å². The number of anilines is 1. The van der Waals surface area contributed by atoms with E-state index in [0.29, 0.717) is 30.5 Å². The van der Waals surface area contributed by atoms with Gasteiger partial charge in [0.1, 0.15) is 16.8 Å². The first kappa shape index (κ1) is 20.1. The van der Waals surface area contributed by atoms with Gasteiger partial charge in [-0.25, -0.2) is 9.37 Å². The van der Waals surface area contributed by atoms with Gasteiger partial charge in [0.25, 0.3) is 0 Å². The van der Waals surface area contributed by atoms with Crippen molar-refractivity contribution in [2.75, 3.05) is 11.9 Å². The highest BCUT2D eigenvalue weighted by Gasteiger charge is 2.57. The molecule has 4 rings (SSSR count). The minimum atomic E-state index is -0.911. The average Bonchev–Trinajstić information content (AvgIpc) is 2.98. The molecule has 2 aromatic rings. The van der Waals surface area contributed by atoms with Crippen LogP contribution in [0.2, 0.25) is 10.2 Å². The monoisotopic (exact) mass is 436 g/mol. The van der Waals surface area contributed by atoms with E-state index in [9.17, 15) is 9.59 Å². The number of nitrogens with one attached hydrogen (secondary N) is 3. The zero-order valence-corrected chi connectivity index (χ0v) is 17.0. The number of hydrogen-bond donors (Lipinski definition) is 3. The van der Waals surface area contributed by atoms with Crippen LogP contribution in [0.5, 0.6) is 0 Å². The maximum Gasteiger partial charge on any atom is 0.225 e. The Hall–Kier alpha value is -2.22. The maximum absolute atomic E-state index is 15.1. The van der Waals surface area contributed by atoms with Crippen LogP contribution in [-0.2, 0) is 15.1 Å². The first-order valence-electron chi connectivity index (χ1n) is 9.23. The summed E-state index contributed by atoms with van der Waals surface area (Å²) in [7, 11) is 0. The molecule has 0 bridgehead atoms. The number of benzene rings is 1. The fraction of sp³-hybridized carbons (Fsp3) is 0.350. The van der Waals surface area contributed by atoms with Gasteiger partial charge in [-0.3, -0.25) is 9.59 Å². The van der Waals surface area contributed by atoms with Crippen molar-refractivity contribution in [3.63, 3.8) is 0 Å². The zero-order chi connectivity index (χ0) is 20.8.